The lowest BCUT2D eigenvalue weighted by molar-refractivity contribution is 0.243. The SMILES string of the molecule is COc1cc(CCN2CCNCC2)c(OC)c(C(C)(C)C)c1. The molecule has 0 radical (unpaired) electrons. The average molecular weight is 306 g/mol. The Morgan fingerprint density at radius 2 is 1.77 bits per heavy atom. The summed E-state index contributed by atoms with van der Waals surface area (Å²) < 4.78 is 11.3. The predicted molar refractivity (Wildman–Crippen MR) is 91.3 cm³/mol. The molecule has 1 aliphatic rings. The fraction of sp³-hybridized carbons (Fsp3) is 0.667. The average Bonchev–Trinajstić information content (AvgIpc) is 2.52. The molecule has 0 atom stereocenters. The maximum Gasteiger partial charge on any atom is 0.126 e. The van der Waals surface area contributed by atoms with E-state index in [1.165, 1.54) is 11.1 Å². The van der Waals surface area contributed by atoms with E-state index >= 15 is 0 Å². The van der Waals surface area contributed by atoms with Gasteiger partial charge >= 0.3 is 0 Å². The molecule has 0 amide bonds. The molecule has 1 aromatic carbocycles. The Hall–Kier alpha value is -1.26. The van der Waals surface area contributed by atoms with Crippen LogP contribution in [0.4, 0.5) is 0 Å². The molecular weight excluding hydrogens is 276 g/mol. The van der Waals surface area contributed by atoms with Crippen LogP contribution >= 0.6 is 0 Å². The first-order valence-corrected chi connectivity index (χ1v) is 8.14. The van der Waals surface area contributed by atoms with E-state index < -0.39 is 0 Å². The van der Waals surface area contributed by atoms with Crippen LogP contribution in [0, 0.1) is 0 Å². The molecule has 4 heteroatoms. The Bertz CT molecular complexity index is 489. The van der Waals surface area contributed by atoms with E-state index in [2.05, 4.69) is 43.1 Å². The maximum absolute atomic E-state index is 5.76. The Balaban J connectivity index is 2.24. The number of rotatable bonds is 5. The second-order valence-electron chi connectivity index (χ2n) is 6.96. The van der Waals surface area contributed by atoms with E-state index in [0.29, 0.717) is 0 Å². The first kappa shape index (κ1) is 17.1. The summed E-state index contributed by atoms with van der Waals surface area (Å²) >= 11 is 0. The summed E-state index contributed by atoms with van der Waals surface area (Å²) in [6, 6.07) is 4.23. The largest absolute Gasteiger partial charge is 0.497 e. The van der Waals surface area contributed by atoms with Gasteiger partial charge in [-0.25, -0.2) is 0 Å². The van der Waals surface area contributed by atoms with Gasteiger partial charge in [-0.1, -0.05) is 20.8 Å². The van der Waals surface area contributed by atoms with Crippen LogP contribution in [0.1, 0.15) is 31.9 Å². The molecule has 1 saturated heterocycles. The number of benzene rings is 1. The molecule has 1 N–H and O–H groups in total. The van der Waals surface area contributed by atoms with E-state index in [4.69, 9.17) is 9.47 Å². The van der Waals surface area contributed by atoms with Gasteiger partial charge in [0.2, 0.25) is 0 Å². The summed E-state index contributed by atoms with van der Waals surface area (Å²) in [7, 11) is 3.50. The normalized spacial score (nSPS) is 16.6. The van der Waals surface area contributed by atoms with Crippen molar-refractivity contribution in [2.45, 2.75) is 32.6 Å². The standard InChI is InChI=1S/C18H30N2O2/c1-18(2,3)16-13-15(21-4)12-14(17(16)22-5)6-9-20-10-7-19-8-11-20/h12-13,19H,6-11H2,1-5H3. The molecule has 0 aromatic heterocycles. The summed E-state index contributed by atoms with van der Waals surface area (Å²) in [4.78, 5) is 2.51. The van der Waals surface area contributed by atoms with Crippen molar-refractivity contribution >= 4 is 0 Å². The molecule has 0 unspecified atom stereocenters. The minimum Gasteiger partial charge on any atom is -0.497 e. The van der Waals surface area contributed by atoms with Crippen molar-refractivity contribution < 1.29 is 9.47 Å². The topological polar surface area (TPSA) is 33.7 Å². The number of nitrogens with zero attached hydrogens (tertiary/aromatic N) is 1. The lowest BCUT2D eigenvalue weighted by Gasteiger charge is -2.28. The second kappa shape index (κ2) is 7.34. The molecule has 0 saturated carbocycles. The van der Waals surface area contributed by atoms with Gasteiger partial charge in [-0.2, -0.15) is 0 Å². The highest BCUT2D eigenvalue weighted by Gasteiger charge is 2.23. The highest BCUT2D eigenvalue weighted by Crippen LogP contribution is 2.37. The molecule has 1 aromatic rings. The number of piperazine rings is 1. The zero-order valence-corrected chi connectivity index (χ0v) is 14.7. The number of ether oxygens (including phenoxy) is 2. The van der Waals surface area contributed by atoms with Gasteiger partial charge in [0.15, 0.2) is 0 Å². The Labute approximate surface area is 134 Å². The smallest absolute Gasteiger partial charge is 0.126 e. The van der Waals surface area contributed by atoms with Crippen molar-refractivity contribution in [1.29, 1.82) is 0 Å². The minimum atomic E-state index is 0.0314. The van der Waals surface area contributed by atoms with Crippen LogP contribution in [0.2, 0.25) is 0 Å². The number of methoxy groups -OCH3 is 2. The van der Waals surface area contributed by atoms with Crippen LogP contribution in [0.5, 0.6) is 11.5 Å². The fourth-order valence-electron chi connectivity index (χ4n) is 2.97. The van der Waals surface area contributed by atoms with Crippen molar-refractivity contribution in [3.05, 3.63) is 23.3 Å². The molecule has 22 heavy (non-hydrogen) atoms. The van der Waals surface area contributed by atoms with E-state index in [9.17, 15) is 0 Å². The molecule has 0 aliphatic carbocycles. The molecule has 2 rings (SSSR count). The molecule has 1 heterocycles. The van der Waals surface area contributed by atoms with Crippen LogP contribution in [0.3, 0.4) is 0 Å². The molecule has 0 bridgehead atoms. The van der Waals surface area contributed by atoms with Gasteiger partial charge in [-0.3, -0.25) is 0 Å². The van der Waals surface area contributed by atoms with Gasteiger partial charge in [0.1, 0.15) is 11.5 Å². The summed E-state index contributed by atoms with van der Waals surface area (Å²) in [5.74, 6) is 1.93. The molecule has 124 valence electrons. The molecule has 4 nitrogen and oxygen atoms in total. The van der Waals surface area contributed by atoms with E-state index in [-0.39, 0.29) is 5.41 Å². The first-order chi connectivity index (χ1) is 10.5. The fourth-order valence-corrected chi connectivity index (χ4v) is 2.97. The van der Waals surface area contributed by atoms with Gasteiger partial charge in [-0.15, -0.1) is 0 Å². The predicted octanol–water partition coefficient (Wildman–Crippen LogP) is 2.45. The van der Waals surface area contributed by atoms with E-state index in [1.54, 1.807) is 14.2 Å². The minimum absolute atomic E-state index is 0.0314. The van der Waals surface area contributed by atoms with Crippen LogP contribution < -0.4 is 14.8 Å². The van der Waals surface area contributed by atoms with Gasteiger partial charge in [0.25, 0.3) is 0 Å². The van der Waals surface area contributed by atoms with Crippen molar-refractivity contribution in [3.63, 3.8) is 0 Å². The summed E-state index contributed by atoms with van der Waals surface area (Å²) in [6.45, 7) is 12.1. The van der Waals surface area contributed by atoms with Crippen molar-refractivity contribution in [2.75, 3.05) is 46.9 Å². The van der Waals surface area contributed by atoms with Gasteiger partial charge < -0.3 is 19.7 Å². The van der Waals surface area contributed by atoms with E-state index in [1.807, 2.05) is 0 Å². The van der Waals surface area contributed by atoms with Gasteiger partial charge in [0, 0.05) is 38.3 Å². The monoisotopic (exact) mass is 306 g/mol. The van der Waals surface area contributed by atoms with Crippen molar-refractivity contribution in [3.8, 4) is 11.5 Å². The third kappa shape index (κ3) is 4.14. The molecule has 0 spiro atoms. The van der Waals surface area contributed by atoms with Gasteiger partial charge in [-0.05, 0) is 29.5 Å². The molecular formula is C18H30N2O2. The third-order valence-electron chi connectivity index (χ3n) is 4.29. The zero-order chi connectivity index (χ0) is 16.2. The summed E-state index contributed by atoms with van der Waals surface area (Å²) in [5.41, 5.74) is 2.49. The lowest BCUT2D eigenvalue weighted by atomic mass is 9.84. The van der Waals surface area contributed by atoms with Crippen molar-refractivity contribution in [2.24, 2.45) is 0 Å². The highest BCUT2D eigenvalue weighted by atomic mass is 16.5. The zero-order valence-electron chi connectivity index (χ0n) is 14.7. The third-order valence-corrected chi connectivity index (χ3v) is 4.29. The number of hydrogen-bond donors (Lipinski definition) is 1. The first-order valence-electron chi connectivity index (χ1n) is 8.14. The number of hydrogen-bond acceptors (Lipinski definition) is 4. The maximum atomic E-state index is 5.76. The number of nitrogens with one attached hydrogen (secondary N) is 1. The molecule has 1 aliphatic heterocycles. The van der Waals surface area contributed by atoms with Crippen LogP contribution in [-0.2, 0) is 11.8 Å². The van der Waals surface area contributed by atoms with Crippen molar-refractivity contribution in [1.82, 2.24) is 10.2 Å². The van der Waals surface area contributed by atoms with Gasteiger partial charge in [0.05, 0.1) is 14.2 Å². The summed E-state index contributed by atoms with van der Waals surface area (Å²) in [6.07, 6.45) is 0.990. The summed E-state index contributed by atoms with van der Waals surface area (Å²) in [5, 5.41) is 3.40. The second-order valence-corrected chi connectivity index (χ2v) is 6.96. The van der Waals surface area contributed by atoms with E-state index in [0.717, 1.165) is 50.6 Å². The lowest BCUT2D eigenvalue weighted by Crippen LogP contribution is -2.44. The van der Waals surface area contributed by atoms with Crippen LogP contribution in [-0.4, -0.2) is 51.8 Å². The Morgan fingerprint density at radius 1 is 1.09 bits per heavy atom. The highest BCUT2D eigenvalue weighted by molar-refractivity contribution is 5.50. The van der Waals surface area contributed by atoms with Crippen LogP contribution in [0.15, 0.2) is 12.1 Å². The Morgan fingerprint density at radius 3 is 2.32 bits per heavy atom. The Kier molecular flexibility index (Phi) is 5.70. The quantitative estimate of drug-likeness (QED) is 0.906. The van der Waals surface area contributed by atoms with Crippen LogP contribution in [0.25, 0.3) is 0 Å². The molecule has 1 fully saturated rings.